The van der Waals surface area contributed by atoms with E-state index < -0.39 is 0 Å². The summed E-state index contributed by atoms with van der Waals surface area (Å²) < 4.78 is 0. The third-order valence-corrected chi connectivity index (χ3v) is 2.72. The molecule has 0 radical (unpaired) electrons. The predicted octanol–water partition coefficient (Wildman–Crippen LogP) is 1.42. The molecule has 0 unspecified atom stereocenters. The zero-order chi connectivity index (χ0) is 11.5. The van der Waals surface area contributed by atoms with Crippen LogP contribution in [0.1, 0.15) is 0 Å². The van der Waals surface area contributed by atoms with E-state index in [0.29, 0.717) is 5.82 Å². The molecule has 2 aromatic rings. The van der Waals surface area contributed by atoms with Crippen molar-refractivity contribution in [2.75, 3.05) is 17.7 Å². The Kier molecular flexibility index (Phi) is 2.91. The molecule has 1 aromatic heterocycles. The van der Waals surface area contributed by atoms with Crippen molar-refractivity contribution in [3.05, 3.63) is 24.3 Å². The summed E-state index contributed by atoms with van der Waals surface area (Å²) in [4.78, 5) is 13.0. The lowest BCUT2D eigenvalue weighted by Crippen LogP contribution is -2.04. The summed E-state index contributed by atoms with van der Waals surface area (Å²) in [5, 5.41) is 0. The number of nitrogens with zero attached hydrogens (tertiary/aromatic N) is 3. The molecule has 0 aliphatic heterocycles. The molecule has 0 spiro atoms. The zero-order valence-corrected chi connectivity index (χ0v) is 9.53. The normalized spacial score (nSPS) is 10.3. The monoisotopic (exact) mass is 233 g/mol. The van der Waals surface area contributed by atoms with Crippen molar-refractivity contribution in [2.24, 2.45) is 0 Å². The minimum Gasteiger partial charge on any atom is -0.368 e. The van der Waals surface area contributed by atoms with Crippen molar-refractivity contribution in [2.45, 2.75) is 4.90 Å². The smallest absolute Gasteiger partial charge is 0.225 e. The summed E-state index contributed by atoms with van der Waals surface area (Å²) in [6.45, 7) is 0. The number of hydrogen-bond acceptors (Lipinski definition) is 6. The largest absolute Gasteiger partial charge is 0.368 e. The number of anilines is 2. The highest BCUT2D eigenvalue weighted by Crippen LogP contribution is 2.22. The molecule has 0 amide bonds. The molecule has 0 saturated carbocycles. The van der Waals surface area contributed by atoms with Crippen LogP contribution in [0.5, 0.6) is 0 Å². The van der Waals surface area contributed by atoms with E-state index in [-0.39, 0.29) is 11.9 Å². The van der Waals surface area contributed by atoms with Gasteiger partial charge in [0.15, 0.2) is 5.82 Å². The van der Waals surface area contributed by atoms with Crippen LogP contribution in [0.25, 0.3) is 11.4 Å². The molecule has 82 valence electrons. The second-order valence-electron chi connectivity index (χ2n) is 3.11. The SMILES string of the molecule is CSc1cccc(-c2nc(N)nc(N)n2)c1. The van der Waals surface area contributed by atoms with Crippen molar-refractivity contribution in [3.8, 4) is 11.4 Å². The van der Waals surface area contributed by atoms with Crippen LogP contribution < -0.4 is 11.5 Å². The number of nitrogens with two attached hydrogens (primary N) is 2. The standard InChI is InChI=1S/C10H11N5S/c1-16-7-4-2-3-6(5-7)8-13-9(11)15-10(12)14-8/h2-5H,1H3,(H4,11,12,13,14,15). The fourth-order valence-corrected chi connectivity index (χ4v) is 1.76. The molecule has 0 aliphatic rings. The molecule has 6 heteroatoms. The molecule has 0 saturated heterocycles. The topological polar surface area (TPSA) is 90.7 Å². The van der Waals surface area contributed by atoms with Gasteiger partial charge in [0, 0.05) is 10.5 Å². The van der Waals surface area contributed by atoms with Crippen LogP contribution in [0.15, 0.2) is 29.2 Å². The van der Waals surface area contributed by atoms with Crippen molar-refractivity contribution >= 4 is 23.7 Å². The summed E-state index contributed by atoms with van der Waals surface area (Å²) in [5.41, 5.74) is 11.9. The van der Waals surface area contributed by atoms with E-state index in [2.05, 4.69) is 15.0 Å². The molecule has 5 nitrogen and oxygen atoms in total. The number of nitrogen functional groups attached to an aromatic ring is 2. The van der Waals surface area contributed by atoms with Crippen LogP contribution in [-0.4, -0.2) is 21.2 Å². The molecular formula is C10H11N5S. The molecule has 1 heterocycles. The molecular weight excluding hydrogens is 222 g/mol. The van der Waals surface area contributed by atoms with Gasteiger partial charge in [-0.25, -0.2) is 0 Å². The maximum absolute atomic E-state index is 5.52. The second kappa shape index (κ2) is 4.36. The van der Waals surface area contributed by atoms with Crippen LogP contribution in [0, 0.1) is 0 Å². The first-order chi connectivity index (χ1) is 7.69. The predicted molar refractivity (Wildman–Crippen MR) is 65.9 cm³/mol. The van der Waals surface area contributed by atoms with Crippen LogP contribution in [0.3, 0.4) is 0 Å². The van der Waals surface area contributed by atoms with Gasteiger partial charge in [-0.15, -0.1) is 11.8 Å². The quantitative estimate of drug-likeness (QED) is 0.762. The Morgan fingerprint density at radius 1 is 1.06 bits per heavy atom. The van der Waals surface area contributed by atoms with Crippen LogP contribution >= 0.6 is 11.8 Å². The van der Waals surface area contributed by atoms with Gasteiger partial charge in [0.05, 0.1) is 0 Å². The fourth-order valence-electron chi connectivity index (χ4n) is 1.30. The minimum absolute atomic E-state index is 0.136. The summed E-state index contributed by atoms with van der Waals surface area (Å²) >= 11 is 1.65. The maximum atomic E-state index is 5.52. The van der Waals surface area contributed by atoms with Gasteiger partial charge in [-0.1, -0.05) is 12.1 Å². The number of aromatic nitrogens is 3. The summed E-state index contributed by atoms with van der Waals surface area (Å²) in [5.74, 6) is 0.773. The van der Waals surface area contributed by atoms with Gasteiger partial charge in [0.2, 0.25) is 11.9 Å². The third kappa shape index (κ3) is 2.22. The van der Waals surface area contributed by atoms with Crippen LogP contribution in [0.2, 0.25) is 0 Å². The van der Waals surface area contributed by atoms with Gasteiger partial charge < -0.3 is 11.5 Å². The van der Waals surface area contributed by atoms with E-state index in [1.165, 1.54) is 0 Å². The fraction of sp³-hybridized carbons (Fsp3) is 0.100. The summed E-state index contributed by atoms with van der Waals surface area (Å²) in [7, 11) is 0. The van der Waals surface area contributed by atoms with Crippen molar-refractivity contribution in [1.82, 2.24) is 15.0 Å². The van der Waals surface area contributed by atoms with E-state index in [4.69, 9.17) is 11.5 Å². The van der Waals surface area contributed by atoms with Crippen LogP contribution in [0.4, 0.5) is 11.9 Å². The van der Waals surface area contributed by atoms with Gasteiger partial charge in [0.25, 0.3) is 0 Å². The lowest BCUT2D eigenvalue weighted by atomic mass is 10.2. The Labute approximate surface area is 97.3 Å². The highest BCUT2D eigenvalue weighted by Gasteiger charge is 2.05. The van der Waals surface area contributed by atoms with Crippen molar-refractivity contribution in [1.29, 1.82) is 0 Å². The third-order valence-electron chi connectivity index (χ3n) is 2.00. The first-order valence-electron chi connectivity index (χ1n) is 4.60. The Morgan fingerprint density at radius 3 is 2.38 bits per heavy atom. The van der Waals surface area contributed by atoms with Crippen molar-refractivity contribution < 1.29 is 0 Å². The highest BCUT2D eigenvalue weighted by molar-refractivity contribution is 7.98. The molecule has 16 heavy (non-hydrogen) atoms. The second-order valence-corrected chi connectivity index (χ2v) is 3.99. The van der Waals surface area contributed by atoms with E-state index in [9.17, 15) is 0 Å². The van der Waals surface area contributed by atoms with E-state index >= 15 is 0 Å². The molecule has 0 aliphatic carbocycles. The molecule has 2 rings (SSSR count). The number of thioether (sulfide) groups is 1. The average molecular weight is 233 g/mol. The Morgan fingerprint density at radius 2 is 1.75 bits per heavy atom. The van der Waals surface area contributed by atoms with E-state index in [1.807, 2.05) is 30.5 Å². The Balaban J connectivity index is 2.49. The maximum Gasteiger partial charge on any atom is 0.225 e. The van der Waals surface area contributed by atoms with Gasteiger partial charge >= 0.3 is 0 Å². The van der Waals surface area contributed by atoms with E-state index in [1.54, 1.807) is 11.8 Å². The molecule has 4 N–H and O–H groups in total. The first-order valence-corrected chi connectivity index (χ1v) is 5.83. The van der Waals surface area contributed by atoms with Gasteiger partial charge in [-0.05, 0) is 18.4 Å². The Hall–Kier alpha value is -1.82. The molecule has 0 atom stereocenters. The van der Waals surface area contributed by atoms with Gasteiger partial charge in [0.1, 0.15) is 0 Å². The average Bonchev–Trinajstić information content (AvgIpc) is 2.28. The van der Waals surface area contributed by atoms with E-state index in [0.717, 1.165) is 10.5 Å². The Bertz CT molecular complexity index is 494. The zero-order valence-electron chi connectivity index (χ0n) is 8.71. The summed E-state index contributed by atoms with van der Waals surface area (Å²) in [6.07, 6.45) is 2.01. The number of hydrogen-bond donors (Lipinski definition) is 2. The van der Waals surface area contributed by atoms with Gasteiger partial charge in [-0.3, -0.25) is 0 Å². The minimum atomic E-state index is 0.136. The first kappa shape index (κ1) is 10.7. The highest BCUT2D eigenvalue weighted by atomic mass is 32.2. The number of benzene rings is 1. The summed E-state index contributed by atoms with van der Waals surface area (Å²) in [6, 6.07) is 7.85. The lowest BCUT2D eigenvalue weighted by molar-refractivity contribution is 1.08. The molecule has 0 bridgehead atoms. The van der Waals surface area contributed by atoms with Gasteiger partial charge in [-0.2, -0.15) is 15.0 Å². The number of rotatable bonds is 2. The lowest BCUT2D eigenvalue weighted by Gasteiger charge is -2.03. The molecule has 1 aromatic carbocycles. The molecule has 0 fully saturated rings. The van der Waals surface area contributed by atoms with Crippen LogP contribution in [-0.2, 0) is 0 Å². The van der Waals surface area contributed by atoms with Crippen molar-refractivity contribution in [3.63, 3.8) is 0 Å².